The van der Waals surface area contributed by atoms with Crippen molar-refractivity contribution in [1.82, 2.24) is 13.9 Å². The number of aromatic nitrogens is 2. The highest BCUT2D eigenvalue weighted by atomic mass is 35.5. The molecule has 1 aliphatic heterocycles. The number of ether oxygens (including phenoxy) is 2. The Balaban J connectivity index is 1.69. The number of nitrogens with zero attached hydrogens (tertiary/aromatic N) is 3. The zero-order chi connectivity index (χ0) is 21.9. The lowest BCUT2D eigenvalue weighted by Crippen LogP contribution is -2.38. The number of hydrogen-bond acceptors (Lipinski definition) is 6. The molecule has 1 amide bonds. The van der Waals surface area contributed by atoms with Gasteiger partial charge in [0.15, 0.2) is 5.03 Å². The van der Waals surface area contributed by atoms with Gasteiger partial charge in [0, 0.05) is 25.4 Å². The van der Waals surface area contributed by atoms with Gasteiger partial charge in [0.05, 0.1) is 31.3 Å². The maximum Gasteiger partial charge on any atom is 0.262 e. The Labute approximate surface area is 181 Å². The van der Waals surface area contributed by atoms with Crippen molar-refractivity contribution in [2.75, 3.05) is 32.6 Å². The van der Waals surface area contributed by atoms with Crippen LogP contribution in [0.1, 0.15) is 19.8 Å². The summed E-state index contributed by atoms with van der Waals surface area (Å²) in [4.78, 5) is 16.5. The molecule has 1 aromatic carbocycles. The molecular formula is C19H25ClN4O5S. The molecule has 0 atom stereocenters. The molecule has 9 nitrogen and oxygen atoms in total. The molecule has 1 aromatic heterocycles. The molecule has 2 heterocycles. The summed E-state index contributed by atoms with van der Waals surface area (Å²) >= 11 is 6.12. The van der Waals surface area contributed by atoms with Gasteiger partial charge in [-0.25, -0.2) is 13.4 Å². The van der Waals surface area contributed by atoms with Gasteiger partial charge < -0.3 is 19.4 Å². The molecule has 30 heavy (non-hydrogen) atoms. The summed E-state index contributed by atoms with van der Waals surface area (Å²) in [6.45, 7) is 2.96. The lowest BCUT2D eigenvalue weighted by molar-refractivity contribution is -0.116. The first-order chi connectivity index (χ1) is 14.2. The molecule has 1 fully saturated rings. The van der Waals surface area contributed by atoms with Gasteiger partial charge in [0.25, 0.3) is 10.0 Å². The zero-order valence-electron chi connectivity index (χ0n) is 17.1. The normalized spacial score (nSPS) is 15.7. The number of imidazole rings is 1. The minimum atomic E-state index is -3.66. The number of rotatable bonds is 7. The van der Waals surface area contributed by atoms with Crippen LogP contribution >= 0.6 is 11.6 Å². The Hall–Kier alpha value is -2.30. The average molecular weight is 457 g/mol. The van der Waals surface area contributed by atoms with Crippen molar-refractivity contribution >= 4 is 33.2 Å². The largest absolute Gasteiger partial charge is 0.495 e. The molecule has 1 aliphatic rings. The highest BCUT2D eigenvalue weighted by Gasteiger charge is 2.30. The predicted octanol–water partition coefficient (Wildman–Crippen LogP) is 2.61. The minimum absolute atomic E-state index is 0.0603. The summed E-state index contributed by atoms with van der Waals surface area (Å²) in [5.74, 6) is 0.935. The fraction of sp³-hybridized carbons (Fsp3) is 0.474. The summed E-state index contributed by atoms with van der Waals surface area (Å²) in [6.07, 6.45) is 4.35. The van der Waals surface area contributed by atoms with E-state index < -0.39 is 10.0 Å². The number of sulfonamides is 1. The Kier molecular flexibility index (Phi) is 6.89. The number of amides is 1. The van der Waals surface area contributed by atoms with E-state index >= 15 is 0 Å². The highest BCUT2D eigenvalue weighted by molar-refractivity contribution is 7.89. The number of anilines is 1. The third kappa shape index (κ3) is 4.88. The summed E-state index contributed by atoms with van der Waals surface area (Å²) in [7, 11) is -0.720. The van der Waals surface area contributed by atoms with Gasteiger partial charge in [0.1, 0.15) is 18.0 Å². The second kappa shape index (κ2) is 9.23. The van der Waals surface area contributed by atoms with Crippen LogP contribution in [0.2, 0.25) is 5.02 Å². The van der Waals surface area contributed by atoms with Crippen LogP contribution in [-0.2, 0) is 21.4 Å². The van der Waals surface area contributed by atoms with Gasteiger partial charge in [-0.1, -0.05) is 18.5 Å². The SMILES string of the molecule is COc1cc(OC)c(NC(=O)Cn2cnc(S(=O)(=O)N3CCC(C)CC3)c2)cc1Cl. The van der Waals surface area contributed by atoms with Crippen LogP contribution in [-0.4, -0.2) is 55.5 Å². The zero-order valence-corrected chi connectivity index (χ0v) is 18.7. The smallest absolute Gasteiger partial charge is 0.262 e. The molecule has 11 heteroatoms. The number of benzene rings is 1. The third-order valence-corrected chi connectivity index (χ3v) is 7.11. The molecule has 0 bridgehead atoms. The van der Waals surface area contributed by atoms with Crippen molar-refractivity contribution < 1.29 is 22.7 Å². The van der Waals surface area contributed by atoms with Crippen LogP contribution < -0.4 is 14.8 Å². The first-order valence-electron chi connectivity index (χ1n) is 9.48. The van der Waals surface area contributed by atoms with E-state index in [9.17, 15) is 13.2 Å². The van der Waals surface area contributed by atoms with Crippen LogP contribution in [0.4, 0.5) is 5.69 Å². The number of methoxy groups -OCH3 is 2. The van der Waals surface area contributed by atoms with Crippen molar-refractivity contribution in [2.45, 2.75) is 31.3 Å². The van der Waals surface area contributed by atoms with Crippen molar-refractivity contribution in [1.29, 1.82) is 0 Å². The number of carbonyl (C=O) groups is 1. The fourth-order valence-electron chi connectivity index (χ4n) is 3.23. The monoisotopic (exact) mass is 456 g/mol. The van der Waals surface area contributed by atoms with E-state index in [4.69, 9.17) is 21.1 Å². The number of carbonyl (C=O) groups excluding carboxylic acids is 1. The van der Waals surface area contributed by atoms with Crippen molar-refractivity contribution in [3.05, 3.63) is 29.7 Å². The van der Waals surface area contributed by atoms with Gasteiger partial charge in [-0.3, -0.25) is 4.79 Å². The second-order valence-electron chi connectivity index (χ2n) is 7.21. The van der Waals surface area contributed by atoms with Crippen LogP contribution in [0.15, 0.2) is 29.7 Å². The quantitative estimate of drug-likeness (QED) is 0.687. The lowest BCUT2D eigenvalue weighted by Gasteiger charge is -2.28. The molecular weight excluding hydrogens is 432 g/mol. The highest BCUT2D eigenvalue weighted by Crippen LogP contribution is 2.35. The molecule has 0 spiro atoms. The number of hydrogen-bond donors (Lipinski definition) is 1. The lowest BCUT2D eigenvalue weighted by atomic mass is 10.0. The summed E-state index contributed by atoms with van der Waals surface area (Å²) < 4.78 is 38.8. The number of nitrogens with one attached hydrogen (secondary N) is 1. The Morgan fingerprint density at radius 3 is 2.53 bits per heavy atom. The van der Waals surface area contributed by atoms with E-state index in [1.54, 1.807) is 6.07 Å². The molecule has 0 radical (unpaired) electrons. The number of halogens is 1. The molecule has 0 unspecified atom stereocenters. The molecule has 1 saturated heterocycles. The molecule has 2 aromatic rings. The molecule has 0 saturated carbocycles. The van der Waals surface area contributed by atoms with E-state index in [1.165, 1.54) is 41.7 Å². The first-order valence-corrected chi connectivity index (χ1v) is 11.3. The van der Waals surface area contributed by atoms with E-state index in [0.29, 0.717) is 41.2 Å². The molecule has 3 rings (SSSR count). The van der Waals surface area contributed by atoms with Crippen LogP contribution in [0.5, 0.6) is 11.5 Å². The summed E-state index contributed by atoms with van der Waals surface area (Å²) in [5.41, 5.74) is 0.378. The standard InChI is InChI=1S/C19H25ClN4O5S/c1-13-4-6-24(7-5-13)30(26,27)19-11-23(12-21-19)10-18(25)22-15-8-14(20)16(28-2)9-17(15)29-3/h8-9,11-13H,4-7,10H2,1-3H3,(H,22,25). The summed E-state index contributed by atoms with van der Waals surface area (Å²) in [6, 6.07) is 3.09. The second-order valence-corrected chi connectivity index (χ2v) is 9.50. The molecule has 0 aliphatic carbocycles. The van der Waals surface area contributed by atoms with Crippen LogP contribution in [0, 0.1) is 5.92 Å². The minimum Gasteiger partial charge on any atom is -0.495 e. The summed E-state index contributed by atoms with van der Waals surface area (Å²) in [5, 5.41) is 2.97. The molecule has 164 valence electrons. The van der Waals surface area contributed by atoms with Crippen LogP contribution in [0.3, 0.4) is 0 Å². The van der Waals surface area contributed by atoms with Gasteiger partial charge in [-0.2, -0.15) is 4.31 Å². The van der Waals surface area contributed by atoms with Gasteiger partial charge >= 0.3 is 0 Å². The van der Waals surface area contributed by atoms with Gasteiger partial charge in [-0.15, -0.1) is 0 Å². The van der Waals surface area contributed by atoms with Crippen molar-refractivity contribution in [2.24, 2.45) is 5.92 Å². The topological polar surface area (TPSA) is 103 Å². The predicted molar refractivity (Wildman–Crippen MR) is 113 cm³/mol. The average Bonchev–Trinajstić information content (AvgIpc) is 3.17. The number of piperidine rings is 1. The van der Waals surface area contributed by atoms with Crippen LogP contribution in [0.25, 0.3) is 0 Å². The van der Waals surface area contributed by atoms with E-state index in [2.05, 4.69) is 17.2 Å². The Bertz CT molecular complexity index is 1020. The Morgan fingerprint density at radius 2 is 1.90 bits per heavy atom. The first kappa shape index (κ1) is 22.4. The Morgan fingerprint density at radius 1 is 1.23 bits per heavy atom. The van der Waals surface area contributed by atoms with Crippen molar-refractivity contribution in [3.8, 4) is 11.5 Å². The van der Waals surface area contributed by atoms with E-state index in [0.717, 1.165) is 12.8 Å². The van der Waals surface area contributed by atoms with Gasteiger partial charge in [-0.05, 0) is 24.8 Å². The maximum atomic E-state index is 12.8. The third-order valence-electron chi connectivity index (χ3n) is 5.03. The van der Waals surface area contributed by atoms with Gasteiger partial charge in [0.2, 0.25) is 5.91 Å². The fourth-order valence-corrected chi connectivity index (χ4v) is 4.88. The molecule has 1 N–H and O–H groups in total. The van der Waals surface area contributed by atoms with Crippen molar-refractivity contribution in [3.63, 3.8) is 0 Å². The van der Waals surface area contributed by atoms with E-state index in [1.807, 2.05) is 0 Å². The maximum absolute atomic E-state index is 12.8. The van der Waals surface area contributed by atoms with E-state index in [-0.39, 0.29) is 17.5 Å².